The van der Waals surface area contributed by atoms with E-state index in [-0.39, 0.29) is 18.2 Å². The summed E-state index contributed by atoms with van der Waals surface area (Å²) in [4.78, 5) is 25.1. The van der Waals surface area contributed by atoms with E-state index in [9.17, 15) is 9.90 Å². The highest BCUT2D eigenvalue weighted by molar-refractivity contribution is 7.80. The largest absolute Gasteiger partial charge is 0.390 e. The molecular formula is C17H17N5O3S. The van der Waals surface area contributed by atoms with Gasteiger partial charge in [0.05, 0.1) is 18.5 Å². The quantitative estimate of drug-likeness (QED) is 0.603. The number of benzene rings is 1. The molecule has 2 N–H and O–H groups in total. The van der Waals surface area contributed by atoms with Crippen molar-refractivity contribution in [2.75, 3.05) is 11.1 Å². The first-order valence-electron chi connectivity index (χ1n) is 8.15. The third kappa shape index (κ3) is 3.05. The number of ether oxygens (including phenoxy) is 1. The number of carbonyl (C=O) groups excluding carboxylic acids is 1. The summed E-state index contributed by atoms with van der Waals surface area (Å²) in [5.74, 6) is 0.479. The molecule has 1 aromatic carbocycles. The van der Waals surface area contributed by atoms with E-state index < -0.39 is 6.10 Å². The van der Waals surface area contributed by atoms with Crippen molar-refractivity contribution >= 4 is 35.5 Å². The molecule has 1 saturated heterocycles. The third-order valence-electron chi connectivity index (χ3n) is 4.32. The van der Waals surface area contributed by atoms with E-state index in [4.69, 9.17) is 4.74 Å². The van der Waals surface area contributed by atoms with Crippen LogP contribution in [0.2, 0.25) is 0 Å². The fraction of sp³-hybridized carbons (Fsp3) is 0.294. The summed E-state index contributed by atoms with van der Waals surface area (Å²) in [5, 5.41) is 12.8. The Bertz CT molecular complexity index is 933. The maximum absolute atomic E-state index is 12.4. The number of fused-ring (bicyclic) bond motifs is 1. The van der Waals surface area contributed by atoms with Gasteiger partial charge in [0.15, 0.2) is 17.0 Å². The lowest BCUT2D eigenvalue weighted by atomic mass is 10.2. The van der Waals surface area contributed by atoms with Crippen LogP contribution in [0.1, 0.15) is 23.0 Å². The number of nitrogens with one attached hydrogen (secondary N) is 1. The Balaban J connectivity index is 1.63. The lowest BCUT2D eigenvalue weighted by Gasteiger charge is -2.13. The molecule has 0 unspecified atom stereocenters. The SMILES string of the molecule is O=C(Nc1ncnc2c1ncn2[C@H]1C[C@H](O)[C@@H](CS)O1)c1ccccc1. The topological polar surface area (TPSA) is 102 Å². The second-order valence-electron chi connectivity index (χ2n) is 5.98. The lowest BCUT2D eigenvalue weighted by molar-refractivity contribution is -0.00353. The summed E-state index contributed by atoms with van der Waals surface area (Å²) in [7, 11) is 0. The van der Waals surface area contributed by atoms with Crippen molar-refractivity contribution in [3.63, 3.8) is 0 Å². The van der Waals surface area contributed by atoms with Crippen molar-refractivity contribution in [1.29, 1.82) is 0 Å². The van der Waals surface area contributed by atoms with Gasteiger partial charge in [0, 0.05) is 17.7 Å². The second kappa shape index (κ2) is 7.02. The van der Waals surface area contributed by atoms with Crippen LogP contribution in [-0.4, -0.2) is 48.5 Å². The van der Waals surface area contributed by atoms with E-state index in [1.807, 2.05) is 6.07 Å². The van der Waals surface area contributed by atoms with Crippen molar-refractivity contribution in [3.8, 4) is 0 Å². The van der Waals surface area contributed by atoms with Crippen LogP contribution >= 0.6 is 12.6 Å². The Morgan fingerprint density at radius 1 is 1.31 bits per heavy atom. The minimum absolute atomic E-state index is 0.275. The molecule has 8 nitrogen and oxygen atoms in total. The molecule has 0 bridgehead atoms. The highest BCUT2D eigenvalue weighted by Crippen LogP contribution is 2.32. The zero-order valence-electron chi connectivity index (χ0n) is 13.7. The maximum Gasteiger partial charge on any atom is 0.256 e. The number of rotatable bonds is 4. The van der Waals surface area contributed by atoms with Crippen molar-refractivity contribution in [2.24, 2.45) is 0 Å². The number of thiol groups is 1. The first-order chi connectivity index (χ1) is 12.7. The number of aliphatic hydroxyl groups is 1. The number of aliphatic hydroxyl groups excluding tert-OH is 1. The van der Waals surface area contributed by atoms with Gasteiger partial charge >= 0.3 is 0 Å². The summed E-state index contributed by atoms with van der Waals surface area (Å²) in [6, 6.07) is 8.87. The molecule has 9 heteroatoms. The third-order valence-corrected chi connectivity index (χ3v) is 4.68. The van der Waals surface area contributed by atoms with Crippen molar-refractivity contribution in [2.45, 2.75) is 24.9 Å². The minimum atomic E-state index is -0.589. The number of carbonyl (C=O) groups is 1. The normalized spacial score (nSPS) is 22.6. The van der Waals surface area contributed by atoms with Gasteiger partial charge in [-0.05, 0) is 12.1 Å². The van der Waals surface area contributed by atoms with Crippen molar-refractivity contribution < 1.29 is 14.6 Å². The number of nitrogens with zero attached hydrogens (tertiary/aromatic N) is 4. The predicted molar refractivity (Wildman–Crippen MR) is 98.1 cm³/mol. The van der Waals surface area contributed by atoms with Gasteiger partial charge in [0.25, 0.3) is 5.91 Å². The Kier molecular flexibility index (Phi) is 4.58. The van der Waals surface area contributed by atoms with Gasteiger partial charge < -0.3 is 15.2 Å². The highest BCUT2D eigenvalue weighted by atomic mass is 32.1. The number of imidazole rings is 1. The van der Waals surface area contributed by atoms with E-state index >= 15 is 0 Å². The number of aromatic nitrogens is 4. The molecule has 134 valence electrons. The molecule has 1 aliphatic heterocycles. The molecule has 1 aliphatic rings. The molecule has 2 aromatic heterocycles. The number of hydrogen-bond donors (Lipinski definition) is 3. The van der Waals surface area contributed by atoms with Gasteiger partial charge in [0.1, 0.15) is 12.6 Å². The van der Waals surface area contributed by atoms with Gasteiger partial charge in [-0.15, -0.1) is 0 Å². The van der Waals surface area contributed by atoms with E-state index in [1.165, 1.54) is 6.33 Å². The maximum atomic E-state index is 12.4. The summed E-state index contributed by atoms with van der Waals surface area (Å²) < 4.78 is 7.55. The molecule has 1 amide bonds. The van der Waals surface area contributed by atoms with Crippen LogP contribution < -0.4 is 5.32 Å². The molecule has 3 atom stereocenters. The average Bonchev–Trinajstić information content (AvgIpc) is 3.26. The summed E-state index contributed by atoms with van der Waals surface area (Å²) in [5.41, 5.74) is 1.52. The molecule has 4 rings (SSSR count). The molecule has 3 aromatic rings. The van der Waals surface area contributed by atoms with Crippen molar-refractivity contribution in [3.05, 3.63) is 48.5 Å². The molecule has 26 heavy (non-hydrogen) atoms. The molecule has 0 radical (unpaired) electrons. The summed E-state index contributed by atoms with van der Waals surface area (Å²) in [6.07, 6.45) is 2.05. The van der Waals surface area contributed by atoms with E-state index in [2.05, 4.69) is 32.9 Å². The van der Waals surface area contributed by atoms with Gasteiger partial charge in [-0.2, -0.15) is 12.6 Å². The van der Waals surface area contributed by atoms with Crippen LogP contribution in [0.25, 0.3) is 11.2 Å². The van der Waals surface area contributed by atoms with Gasteiger partial charge in [0.2, 0.25) is 0 Å². The molecular weight excluding hydrogens is 354 g/mol. The fourth-order valence-corrected chi connectivity index (χ4v) is 3.30. The number of amides is 1. The molecule has 3 heterocycles. The second-order valence-corrected chi connectivity index (χ2v) is 6.35. The average molecular weight is 371 g/mol. The first kappa shape index (κ1) is 17.0. The molecule has 0 saturated carbocycles. The van der Waals surface area contributed by atoms with Gasteiger partial charge in [-0.3, -0.25) is 9.36 Å². The number of anilines is 1. The number of hydrogen-bond acceptors (Lipinski definition) is 7. The Morgan fingerprint density at radius 3 is 2.85 bits per heavy atom. The van der Waals surface area contributed by atoms with Crippen LogP contribution in [0, 0.1) is 0 Å². The van der Waals surface area contributed by atoms with Crippen LogP contribution in [0.5, 0.6) is 0 Å². The lowest BCUT2D eigenvalue weighted by Crippen LogP contribution is -2.22. The Morgan fingerprint density at radius 2 is 2.12 bits per heavy atom. The predicted octanol–water partition coefficient (Wildman–Crippen LogP) is 1.66. The van der Waals surface area contributed by atoms with Crippen LogP contribution in [0.15, 0.2) is 43.0 Å². The first-order valence-corrected chi connectivity index (χ1v) is 8.79. The van der Waals surface area contributed by atoms with Crippen LogP contribution in [0.4, 0.5) is 5.82 Å². The highest BCUT2D eigenvalue weighted by Gasteiger charge is 2.35. The minimum Gasteiger partial charge on any atom is -0.390 e. The van der Waals surface area contributed by atoms with Gasteiger partial charge in [-0.1, -0.05) is 18.2 Å². The van der Waals surface area contributed by atoms with Gasteiger partial charge in [-0.25, -0.2) is 15.0 Å². The van der Waals surface area contributed by atoms with E-state index in [0.29, 0.717) is 34.7 Å². The zero-order chi connectivity index (χ0) is 18.1. The van der Waals surface area contributed by atoms with E-state index in [1.54, 1.807) is 35.2 Å². The molecule has 1 fully saturated rings. The smallest absolute Gasteiger partial charge is 0.256 e. The fourth-order valence-electron chi connectivity index (χ4n) is 2.97. The zero-order valence-corrected chi connectivity index (χ0v) is 14.6. The summed E-state index contributed by atoms with van der Waals surface area (Å²) in [6.45, 7) is 0. The monoisotopic (exact) mass is 371 g/mol. The van der Waals surface area contributed by atoms with E-state index in [0.717, 1.165) is 0 Å². The van der Waals surface area contributed by atoms with Crippen molar-refractivity contribution in [1.82, 2.24) is 19.5 Å². The van der Waals surface area contributed by atoms with Crippen LogP contribution in [-0.2, 0) is 4.74 Å². The standard InChI is InChI=1S/C17H17N5O3S/c23-11-6-13(25-12(11)7-26)22-9-20-14-15(18-8-19-16(14)22)21-17(24)10-4-2-1-3-5-10/h1-5,8-9,11-13,23,26H,6-7H2,(H,18,19,21,24)/t11-,12+,13+/m0/s1. The Hall–Kier alpha value is -2.49. The Labute approximate surface area is 154 Å². The molecule has 0 aliphatic carbocycles. The summed E-state index contributed by atoms with van der Waals surface area (Å²) >= 11 is 4.19. The molecule has 0 spiro atoms. The van der Waals surface area contributed by atoms with Crippen LogP contribution in [0.3, 0.4) is 0 Å².